The number of allylic oxidation sites excluding steroid dienone is 3. The number of ether oxygens (including phenoxy) is 1. The number of aliphatic hydroxyl groups is 1. The predicted octanol–water partition coefficient (Wildman–Crippen LogP) is 4.54. The average molecular weight is 407 g/mol. The molecular formula is C23H31ClO4. The molecule has 1 N–H and O–H groups in total. The molecule has 0 spiro atoms. The molecule has 4 rings (SSSR count). The first-order valence-corrected chi connectivity index (χ1v) is 10.9. The van der Waals surface area contributed by atoms with Gasteiger partial charge in [0.2, 0.25) is 0 Å². The number of hydrogen-bond donors (Lipinski definition) is 1. The quantitative estimate of drug-likeness (QED) is 0.683. The summed E-state index contributed by atoms with van der Waals surface area (Å²) in [6.07, 6.45) is 8.68. The van der Waals surface area contributed by atoms with E-state index in [1.807, 2.05) is 6.08 Å². The second kappa shape index (κ2) is 6.43. The Labute approximate surface area is 172 Å². The van der Waals surface area contributed by atoms with Crippen molar-refractivity contribution in [1.29, 1.82) is 0 Å². The van der Waals surface area contributed by atoms with Crippen molar-refractivity contribution >= 4 is 23.4 Å². The monoisotopic (exact) mass is 406 g/mol. The Morgan fingerprint density at radius 2 is 1.75 bits per heavy atom. The molecule has 2 saturated carbocycles. The van der Waals surface area contributed by atoms with Gasteiger partial charge in [-0.1, -0.05) is 37.6 Å². The third-order valence-electron chi connectivity index (χ3n) is 8.69. The summed E-state index contributed by atoms with van der Waals surface area (Å²) in [4.78, 5) is 24.7. The summed E-state index contributed by atoms with van der Waals surface area (Å²) < 4.78 is 5.80. The van der Waals surface area contributed by atoms with Crippen LogP contribution in [0.3, 0.4) is 0 Å². The number of carbonyl (C=O) groups is 2. The molecule has 0 bridgehead atoms. The number of Topliss-reactive ketones (excluding diaryl/α,β-unsaturated/α-hetero) is 1. The molecule has 0 aliphatic heterocycles. The van der Waals surface area contributed by atoms with Crippen LogP contribution in [0.1, 0.15) is 66.2 Å². The zero-order valence-electron chi connectivity index (χ0n) is 17.3. The van der Waals surface area contributed by atoms with Gasteiger partial charge in [0.1, 0.15) is 0 Å². The molecule has 5 heteroatoms. The second-order valence-corrected chi connectivity index (χ2v) is 10.3. The van der Waals surface area contributed by atoms with Gasteiger partial charge in [-0.15, -0.1) is 0 Å². The predicted molar refractivity (Wildman–Crippen MR) is 108 cm³/mol. The summed E-state index contributed by atoms with van der Waals surface area (Å²) in [6.45, 7) is 7.40. The van der Waals surface area contributed by atoms with Crippen molar-refractivity contribution < 1.29 is 19.4 Å². The molecule has 0 aromatic heterocycles. The summed E-state index contributed by atoms with van der Waals surface area (Å²) in [5.74, 6) is 0.542. The first-order valence-electron chi connectivity index (χ1n) is 10.5. The number of esters is 1. The van der Waals surface area contributed by atoms with Gasteiger partial charge in [-0.3, -0.25) is 9.59 Å². The molecule has 0 amide bonds. The van der Waals surface area contributed by atoms with Crippen LogP contribution in [0.5, 0.6) is 0 Å². The SMILES string of the molecule is CC(=O)O[C@]1(C(C)=O)CCC2[C@@H]3C=C(Cl)C4=C[C@@H](O)CC[C@]4(C)[C@H]3CC[C@@]21C. The maximum atomic E-state index is 12.8. The molecule has 0 radical (unpaired) electrons. The lowest BCUT2D eigenvalue weighted by atomic mass is 9.48. The maximum Gasteiger partial charge on any atom is 0.303 e. The van der Waals surface area contributed by atoms with Crippen molar-refractivity contribution in [2.24, 2.45) is 28.6 Å². The van der Waals surface area contributed by atoms with Crippen LogP contribution in [0.2, 0.25) is 0 Å². The van der Waals surface area contributed by atoms with Gasteiger partial charge in [0.05, 0.1) is 6.10 Å². The Kier molecular flexibility index (Phi) is 4.63. The van der Waals surface area contributed by atoms with Gasteiger partial charge in [-0.05, 0) is 74.2 Å². The van der Waals surface area contributed by atoms with E-state index in [1.54, 1.807) is 6.92 Å². The minimum absolute atomic E-state index is 0.0374. The highest BCUT2D eigenvalue weighted by atomic mass is 35.5. The lowest BCUT2D eigenvalue weighted by Gasteiger charge is -2.58. The van der Waals surface area contributed by atoms with E-state index in [0.717, 1.165) is 42.7 Å². The Morgan fingerprint density at radius 1 is 1.07 bits per heavy atom. The van der Waals surface area contributed by atoms with Crippen LogP contribution in [-0.4, -0.2) is 28.6 Å². The lowest BCUT2D eigenvalue weighted by molar-refractivity contribution is -0.185. The minimum atomic E-state index is -1.02. The molecule has 7 atom stereocenters. The fourth-order valence-electron chi connectivity index (χ4n) is 7.28. The van der Waals surface area contributed by atoms with E-state index in [4.69, 9.17) is 16.3 Å². The number of fused-ring (bicyclic) bond motifs is 5. The van der Waals surface area contributed by atoms with Gasteiger partial charge >= 0.3 is 5.97 Å². The molecule has 154 valence electrons. The fraction of sp³-hybridized carbons (Fsp3) is 0.739. The van der Waals surface area contributed by atoms with Crippen LogP contribution in [0, 0.1) is 28.6 Å². The van der Waals surface area contributed by atoms with Crippen LogP contribution in [-0.2, 0) is 14.3 Å². The van der Waals surface area contributed by atoms with Gasteiger partial charge in [-0.2, -0.15) is 0 Å². The zero-order chi connectivity index (χ0) is 20.5. The minimum Gasteiger partial charge on any atom is -0.451 e. The van der Waals surface area contributed by atoms with Crippen LogP contribution in [0.4, 0.5) is 0 Å². The van der Waals surface area contributed by atoms with Crippen molar-refractivity contribution in [2.75, 3.05) is 0 Å². The molecule has 0 saturated heterocycles. The van der Waals surface area contributed by atoms with Gasteiger partial charge < -0.3 is 9.84 Å². The molecule has 1 unspecified atom stereocenters. The number of aliphatic hydroxyl groups excluding tert-OH is 1. The van der Waals surface area contributed by atoms with E-state index in [9.17, 15) is 14.7 Å². The Hall–Kier alpha value is -1.13. The summed E-state index contributed by atoms with van der Waals surface area (Å²) in [5.41, 5.74) is -0.340. The summed E-state index contributed by atoms with van der Waals surface area (Å²) in [7, 11) is 0. The highest BCUT2D eigenvalue weighted by molar-refractivity contribution is 6.32. The zero-order valence-corrected chi connectivity index (χ0v) is 18.0. The molecule has 4 nitrogen and oxygen atoms in total. The van der Waals surface area contributed by atoms with Gasteiger partial charge in [0.15, 0.2) is 11.4 Å². The molecule has 28 heavy (non-hydrogen) atoms. The molecular weight excluding hydrogens is 376 g/mol. The largest absolute Gasteiger partial charge is 0.451 e. The average Bonchev–Trinajstić information content (AvgIpc) is 2.90. The van der Waals surface area contributed by atoms with Crippen LogP contribution < -0.4 is 0 Å². The van der Waals surface area contributed by atoms with Crippen LogP contribution in [0.25, 0.3) is 0 Å². The van der Waals surface area contributed by atoms with Crippen LogP contribution >= 0.6 is 11.6 Å². The van der Waals surface area contributed by atoms with E-state index in [1.165, 1.54) is 6.92 Å². The second-order valence-electron chi connectivity index (χ2n) is 9.88. The molecule has 0 aromatic carbocycles. The first kappa shape index (κ1) is 20.2. The van der Waals surface area contributed by atoms with Crippen molar-refractivity contribution in [3.05, 3.63) is 22.8 Å². The topological polar surface area (TPSA) is 63.6 Å². The van der Waals surface area contributed by atoms with Crippen LogP contribution in [0.15, 0.2) is 22.8 Å². The van der Waals surface area contributed by atoms with Crippen molar-refractivity contribution in [3.63, 3.8) is 0 Å². The fourth-order valence-corrected chi connectivity index (χ4v) is 7.70. The number of halogens is 1. The third-order valence-corrected chi connectivity index (χ3v) is 9.02. The number of carbonyl (C=O) groups excluding carboxylic acids is 2. The molecule has 0 heterocycles. The highest BCUT2D eigenvalue weighted by Gasteiger charge is 2.67. The standard InChI is InChI=1S/C23H31ClO4/c1-13(25)23(28-14(2)26)10-7-18-16-12-20(24)19-11-15(27)5-8-21(19,3)17(16)6-9-22(18,23)4/h11-12,15-18,27H,5-10H2,1-4H3/t15-,16+,17-,18?,21+,22-,23-/m0/s1. The van der Waals surface area contributed by atoms with E-state index in [-0.39, 0.29) is 34.4 Å². The maximum absolute atomic E-state index is 12.8. The van der Waals surface area contributed by atoms with E-state index in [2.05, 4.69) is 19.9 Å². The Morgan fingerprint density at radius 3 is 2.39 bits per heavy atom. The van der Waals surface area contributed by atoms with Gasteiger partial charge in [-0.25, -0.2) is 0 Å². The number of rotatable bonds is 2. The van der Waals surface area contributed by atoms with Gasteiger partial charge in [0.25, 0.3) is 0 Å². The summed E-state index contributed by atoms with van der Waals surface area (Å²) >= 11 is 6.75. The van der Waals surface area contributed by atoms with Crippen molar-refractivity contribution in [1.82, 2.24) is 0 Å². The molecule has 4 aliphatic rings. The van der Waals surface area contributed by atoms with E-state index in [0.29, 0.717) is 12.3 Å². The normalized spacial score (nSPS) is 47.2. The Balaban J connectivity index is 1.78. The summed E-state index contributed by atoms with van der Waals surface area (Å²) in [5, 5.41) is 10.9. The lowest BCUT2D eigenvalue weighted by Crippen LogP contribution is -2.58. The molecule has 0 aromatic rings. The number of ketones is 1. The third kappa shape index (κ3) is 2.53. The molecule has 2 fully saturated rings. The first-order chi connectivity index (χ1) is 13.0. The molecule has 4 aliphatic carbocycles. The smallest absolute Gasteiger partial charge is 0.303 e. The number of hydrogen-bond acceptors (Lipinski definition) is 4. The van der Waals surface area contributed by atoms with E-state index < -0.39 is 11.7 Å². The van der Waals surface area contributed by atoms with E-state index >= 15 is 0 Å². The summed E-state index contributed by atoms with van der Waals surface area (Å²) in [6, 6.07) is 0. The van der Waals surface area contributed by atoms with Gasteiger partial charge in [0, 0.05) is 17.4 Å². The van der Waals surface area contributed by atoms with Crippen molar-refractivity contribution in [3.8, 4) is 0 Å². The highest BCUT2D eigenvalue weighted by Crippen LogP contribution is 2.68. The van der Waals surface area contributed by atoms with Crippen molar-refractivity contribution in [2.45, 2.75) is 77.9 Å². The Bertz CT molecular complexity index is 785.